The molecule has 0 bridgehead atoms. The zero-order chi connectivity index (χ0) is 35.5. The summed E-state index contributed by atoms with van der Waals surface area (Å²) >= 11 is 0. The number of likely N-dealkylation sites (tertiary alicyclic amines) is 1. The molecule has 1 saturated carbocycles. The van der Waals surface area contributed by atoms with Crippen molar-refractivity contribution >= 4 is 35.5 Å². The second kappa shape index (κ2) is 14.9. The standard InChI is InChI=1S/C37H48N4O8/c1-7-32(42)38-17-19-40-30-21-29(25(5)20-31(30)49-37(35(40)45)15-9-16-37)33(43)41(23(2)3)28-10-8-18-39(22-28)36(46)48-26(6)47-34(44)27-13-11-24(4)12-14-27/h11-14,20-21,23,26,28H,7-10,15-19,22H2,1-6H3,(H,38,42)/t26?,28-/m1/s1. The summed E-state index contributed by atoms with van der Waals surface area (Å²) in [6.07, 6.45) is 2.09. The molecule has 2 aromatic rings. The van der Waals surface area contributed by atoms with Crippen molar-refractivity contribution in [2.75, 3.05) is 31.1 Å². The quantitative estimate of drug-likeness (QED) is 0.270. The summed E-state index contributed by atoms with van der Waals surface area (Å²) < 4.78 is 17.2. The van der Waals surface area contributed by atoms with Gasteiger partial charge in [-0.3, -0.25) is 14.4 Å². The Balaban J connectivity index is 1.31. The van der Waals surface area contributed by atoms with Gasteiger partial charge in [0.25, 0.3) is 11.8 Å². The molecule has 2 fully saturated rings. The van der Waals surface area contributed by atoms with Gasteiger partial charge in [0, 0.05) is 51.1 Å². The van der Waals surface area contributed by atoms with E-state index in [0.29, 0.717) is 66.8 Å². The molecule has 2 aromatic carbocycles. The van der Waals surface area contributed by atoms with Crippen molar-refractivity contribution in [1.29, 1.82) is 0 Å². The fraction of sp³-hybridized carbons (Fsp3) is 0.541. The molecule has 1 spiro atoms. The van der Waals surface area contributed by atoms with Gasteiger partial charge in [-0.1, -0.05) is 24.6 Å². The Morgan fingerprint density at radius 2 is 1.76 bits per heavy atom. The van der Waals surface area contributed by atoms with Crippen LogP contribution in [0.2, 0.25) is 0 Å². The van der Waals surface area contributed by atoms with Crippen molar-refractivity contribution in [2.24, 2.45) is 0 Å². The zero-order valence-corrected chi connectivity index (χ0v) is 29.4. The lowest BCUT2D eigenvalue weighted by atomic mass is 9.77. The number of ether oxygens (including phenoxy) is 3. The van der Waals surface area contributed by atoms with Crippen LogP contribution in [0.5, 0.6) is 5.75 Å². The van der Waals surface area contributed by atoms with E-state index in [1.165, 1.54) is 6.92 Å². The maximum Gasteiger partial charge on any atom is 0.412 e. The maximum atomic E-state index is 14.4. The molecule has 264 valence electrons. The Morgan fingerprint density at radius 3 is 2.39 bits per heavy atom. The fourth-order valence-corrected chi connectivity index (χ4v) is 6.73. The van der Waals surface area contributed by atoms with E-state index in [4.69, 9.17) is 14.2 Å². The lowest BCUT2D eigenvalue weighted by molar-refractivity contribution is -0.143. The van der Waals surface area contributed by atoms with Crippen molar-refractivity contribution in [3.63, 3.8) is 0 Å². The van der Waals surface area contributed by atoms with Crippen LogP contribution in [-0.2, 0) is 19.1 Å². The monoisotopic (exact) mass is 676 g/mol. The normalized spacial score (nSPS) is 18.6. The van der Waals surface area contributed by atoms with E-state index in [1.807, 2.05) is 33.8 Å². The van der Waals surface area contributed by atoms with E-state index in [2.05, 4.69) is 5.32 Å². The molecule has 5 rings (SSSR count). The van der Waals surface area contributed by atoms with Gasteiger partial charge in [0.15, 0.2) is 5.60 Å². The summed E-state index contributed by atoms with van der Waals surface area (Å²) in [7, 11) is 0. The van der Waals surface area contributed by atoms with Crippen LogP contribution in [0.1, 0.15) is 98.1 Å². The first-order valence-electron chi connectivity index (χ1n) is 17.3. The number of hydrogen-bond acceptors (Lipinski definition) is 8. The van der Waals surface area contributed by atoms with E-state index < -0.39 is 24.0 Å². The molecule has 2 aliphatic heterocycles. The number of anilines is 1. The van der Waals surface area contributed by atoms with Crippen LogP contribution in [0.4, 0.5) is 10.5 Å². The van der Waals surface area contributed by atoms with Gasteiger partial charge < -0.3 is 34.2 Å². The first-order valence-corrected chi connectivity index (χ1v) is 17.3. The number of carbonyl (C=O) groups is 5. The molecular formula is C37H48N4O8. The second-order valence-corrected chi connectivity index (χ2v) is 13.5. The largest absolute Gasteiger partial charge is 0.475 e. The van der Waals surface area contributed by atoms with Gasteiger partial charge >= 0.3 is 12.1 Å². The van der Waals surface area contributed by atoms with Crippen molar-refractivity contribution in [3.8, 4) is 5.75 Å². The van der Waals surface area contributed by atoms with Crippen LogP contribution < -0.4 is 15.0 Å². The highest BCUT2D eigenvalue weighted by molar-refractivity contribution is 6.06. The number of fused-ring (bicyclic) bond motifs is 1. The van der Waals surface area contributed by atoms with Crippen molar-refractivity contribution in [3.05, 3.63) is 58.7 Å². The second-order valence-electron chi connectivity index (χ2n) is 13.5. The molecular weight excluding hydrogens is 628 g/mol. The minimum Gasteiger partial charge on any atom is -0.475 e. The van der Waals surface area contributed by atoms with Crippen LogP contribution in [0.25, 0.3) is 0 Å². The number of nitrogens with zero attached hydrogens (tertiary/aromatic N) is 3. The first kappa shape index (κ1) is 35.7. The first-order chi connectivity index (χ1) is 23.3. The Morgan fingerprint density at radius 1 is 1.04 bits per heavy atom. The molecule has 1 aliphatic carbocycles. The van der Waals surface area contributed by atoms with Crippen molar-refractivity contribution in [1.82, 2.24) is 15.1 Å². The summed E-state index contributed by atoms with van der Waals surface area (Å²) in [6, 6.07) is 9.98. The molecule has 3 aliphatic rings. The number of carbonyl (C=O) groups excluding carboxylic acids is 5. The SMILES string of the molecule is CCC(=O)NCCN1C(=O)C2(CCC2)Oc2cc(C)c(C(=O)N(C(C)C)[C@@H]3CCCN(C(=O)OC(C)OC(=O)c4ccc(C)cc4)C3)cc21. The lowest BCUT2D eigenvalue weighted by Crippen LogP contribution is -2.61. The number of hydrogen-bond donors (Lipinski definition) is 1. The molecule has 12 heteroatoms. The number of amides is 4. The maximum absolute atomic E-state index is 14.4. The molecule has 1 N–H and O–H groups in total. The third-order valence-electron chi connectivity index (χ3n) is 9.57. The van der Waals surface area contributed by atoms with E-state index in [9.17, 15) is 24.0 Å². The predicted octanol–water partition coefficient (Wildman–Crippen LogP) is 5.13. The predicted molar refractivity (Wildman–Crippen MR) is 182 cm³/mol. The summed E-state index contributed by atoms with van der Waals surface area (Å²) in [5.41, 5.74) is 2.13. The molecule has 12 nitrogen and oxygen atoms in total. The third kappa shape index (κ3) is 7.68. The van der Waals surface area contributed by atoms with Crippen LogP contribution in [0, 0.1) is 13.8 Å². The van der Waals surface area contributed by atoms with Gasteiger partial charge in [-0.25, -0.2) is 9.59 Å². The average molecular weight is 677 g/mol. The van der Waals surface area contributed by atoms with E-state index in [0.717, 1.165) is 12.0 Å². The van der Waals surface area contributed by atoms with Gasteiger partial charge in [0.1, 0.15) is 5.75 Å². The van der Waals surface area contributed by atoms with Gasteiger partial charge in [-0.2, -0.15) is 0 Å². The smallest absolute Gasteiger partial charge is 0.412 e. The van der Waals surface area contributed by atoms with Gasteiger partial charge in [0.2, 0.25) is 12.2 Å². The minimum absolute atomic E-state index is 0.102. The van der Waals surface area contributed by atoms with Gasteiger partial charge in [0.05, 0.1) is 17.3 Å². The summed E-state index contributed by atoms with van der Waals surface area (Å²) in [4.78, 5) is 70.7. The van der Waals surface area contributed by atoms with Crippen molar-refractivity contribution in [2.45, 2.75) is 104 Å². The molecule has 49 heavy (non-hydrogen) atoms. The number of piperidine rings is 1. The summed E-state index contributed by atoms with van der Waals surface area (Å²) in [6.45, 7) is 12.1. The average Bonchev–Trinajstić information content (AvgIpc) is 3.04. The minimum atomic E-state index is -1.11. The topological polar surface area (TPSA) is 135 Å². The van der Waals surface area contributed by atoms with E-state index in [1.54, 1.807) is 52.0 Å². The number of aryl methyl sites for hydroxylation is 2. The Bertz CT molecular complexity index is 1590. The number of esters is 1. The fourth-order valence-electron chi connectivity index (χ4n) is 6.73. The van der Waals surface area contributed by atoms with Gasteiger partial charge in [-0.15, -0.1) is 0 Å². The van der Waals surface area contributed by atoms with E-state index >= 15 is 0 Å². The Kier molecular flexibility index (Phi) is 10.8. The molecule has 4 amide bonds. The molecule has 1 saturated heterocycles. The molecule has 0 radical (unpaired) electrons. The van der Waals surface area contributed by atoms with Crippen LogP contribution >= 0.6 is 0 Å². The molecule has 1 unspecified atom stereocenters. The highest BCUT2D eigenvalue weighted by Crippen LogP contribution is 2.47. The highest BCUT2D eigenvalue weighted by Gasteiger charge is 2.52. The number of rotatable bonds is 10. The highest BCUT2D eigenvalue weighted by atomic mass is 16.7. The van der Waals surface area contributed by atoms with Crippen LogP contribution in [-0.4, -0.2) is 89.7 Å². The number of benzene rings is 2. The zero-order valence-electron chi connectivity index (χ0n) is 29.4. The molecule has 2 heterocycles. The van der Waals surface area contributed by atoms with E-state index in [-0.39, 0.29) is 49.4 Å². The summed E-state index contributed by atoms with van der Waals surface area (Å²) in [5.74, 6) is -0.510. The Hall–Kier alpha value is -4.61. The van der Waals surface area contributed by atoms with Crippen LogP contribution in [0.15, 0.2) is 36.4 Å². The van der Waals surface area contributed by atoms with Gasteiger partial charge in [-0.05, 0) is 89.6 Å². The molecule has 0 aromatic heterocycles. The Labute approximate surface area is 288 Å². The van der Waals surface area contributed by atoms with Crippen molar-refractivity contribution < 1.29 is 38.2 Å². The van der Waals surface area contributed by atoms with Crippen LogP contribution in [0.3, 0.4) is 0 Å². The third-order valence-corrected chi connectivity index (χ3v) is 9.57. The number of nitrogens with one attached hydrogen (secondary N) is 1. The lowest BCUT2D eigenvalue weighted by Gasteiger charge is -2.47. The molecule has 2 atom stereocenters. The summed E-state index contributed by atoms with van der Waals surface area (Å²) in [5, 5.41) is 2.85.